The summed E-state index contributed by atoms with van der Waals surface area (Å²) in [5, 5.41) is 30.8. The SMILES string of the molecule is CC(C)C[C@H](NC(=O)[C@H](CCC(N)=O)NC(=O)[C@@H](NC(=O)[C@H](CS)NC(=O)[C@H](CCC(N)=O)NC(=O)[C@H](C)NC(=O)[C@H](Cc1c[nH]c2ccccc12)NC(=O)[C@H](CC(C)C)NC(=O)[C@@H](N)CCCCN)C(C)C)C(=O)O. The highest BCUT2D eigenvalue weighted by atomic mass is 32.1. The molecule has 424 valence electrons. The van der Waals surface area contributed by atoms with Gasteiger partial charge >= 0.3 is 5.97 Å². The van der Waals surface area contributed by atoms with Gasteiger partial charge in [0.15, 0.2) is 0 Å². The molecule has 0 unspecified atom stereocenters. The molecule has 0 fully saturated rings. The van der Waals surface area contributed by atoms with Crippen LogP contribution in [0, 0.1) is 17.8 Å². The lowest BCUT2D eigenvalue weighted by molar-refractivity contribution is -0.143. The van der Waals surface area contributed by atoms with Gasteiger partial charge in [0.25, 0.3) is 0 Å². The Morgan fingerprint density at radius 2 is 1.04 bits per heavy atom. The minimum Gasteiger partial charge on any atom is -0.480 e. The summed E-state index contributed by atoms with van der Waals surface area (Å²) < 4.78 is 0. The number of hydrogen-bond donors (Lipinski definition) is 15. The van der Waals surface area contributed by atoms with Gasteiger partial charge in [-0.1, -0.05) is 66.2 Å². The second-order valence-corrected chi connectivity index (χ2v) is 20.4. The molecule has 0 saturated carbocycles. The maximum Gasteiger partial charge on any atom is 0.326 e. The van der Waals surface area contributed by atoms with Crippen LogP contribution in [0.3, 0.4) is 0 Å². The number of nitrogens with two attached hydrogens (primary N) is 4. The monoisotopic (exact) mass is 1090 g/mol. The second-order valence-electron chi connectivity index (χ2n) is 20.1. The minimum atomic E-state index is -1.53. The van der Waals surface area contributed by atoms with Crippen LogP contribution in [0.2, 0.25) is 0 Å². The predicted molar refractivity (Wildman–Crippen MR) is 286 cm³/mol. The molecule has 2 aromatic rings. The summed E-state index contributed by atoms with van der Waals surface area (Å²) in [6, 6.07) is -4.56. The number of hydrogen-bond acceptors (Lipinski definition) is 14. The number of carboxylic acids is 1. The third-order valence-corrected chi connectivity index (χ3v) is 12.5. The number of para-hydroxylation sites is 1. The molecular weight excluding hydrogens is 1010 g/mol. The average molecular weight is 1090 g/mol. The van der Waals surface area contributed by atoms with Gasteiger partial charge in [-0.3, -0.25) is 47.9 Å². The number of aliphatic carboxylic acids is 1. The van der Waals surface area contributed by atoms with Crippen LogP contribution in [0.5, 0.6) is 0 Å². The largest absolute Gasteiger partial charge is 0.480 e. The van der Waals surface area contributed by atoms with Crippen molar-refractivity contribution in [2.75, 3.05) is 12.3 Å². The molecule has 9 atom stereocenters. The normalized spacial score (nSPS) is 14.9. The second kappa shape index (κ2) is 32.6. The fraction of sp³-hybridized carbons (Fsp3) is 0.620. The number of fused-ring (bicyclic) bond motifs is 1. The molecule has 0 bridgehead atoms. The fourth-order valence-electron chi connectivity index (χ4n) is 7.89. The Labute approximate surface area is 448 Å². The summed E-state index contributed by atoms with van der Waals surface area (Å²) in [6.45, 7) is 12.1. The van der Waals surface area contributed by atoms with Gasteiger partial charge in [-0.25, -0.2) is 4.79 Å². The lowest BCUT2D eigenvalue weighted by Crippen LogP contribution is -2.61. The molecule has 0 aliphatic carbocycles. The number of aromatic nitrogens is 1. The lowest BCUT2D eigenvalue weighted by Gasteiger charge is -2.28. The van der Waals surface area contributed by atoms with Crippen molar-refractivity contribution in [1.29, 1.82) is 0 Å². The first-order chi connectivity index (χ1) is 35.7. The van der Waals surface area contributed by atoms with Crippen LogP contribution in [-0.2, 0) is 59.2 Å². The summed E-state index contributed by atoms with van der Waals surface area (Å²) in [6.07, 6.45) is 2.04. The molecule has 0 aliphatic rings. The number of nitrogens with one attached hydrogen (secondary N) is 9. The molecule has 76 heavy (non-hydrogen) atoms. The smallest absolute Gasteiger partial charge is 0.326 e. The molecular formula is C50H81N13O12S. The Morgan fingerprint density at radius 3 is 1.57 bits per heavy atom. The molecule has 26 heteroatoms. The Hall–Kier alpha value is -6.80. The number of carbonyl (C=O) groups is 11. The quantitative estimate of drug-likeness (QED) is 0.0272. The van der Waals surface area contributed by atoms with Crippen LogP contribution in [0.15, 0.2) is 30.5 Å². The Bertz CT molecular complexity index is 2330. The number of primary amides is 2. The van der Waals surface area contributed by atoms with E-state index in [4.69, 9.17) is 22.9 Å². The number of amides is 10. The van der Waals surface area contributed by atoms with E-state index in [1.807, 2.05) is 32.0 Å². The first-order valence-electron chi connectivity index (χ1n) is 25.5. The van der Waals surface area contributed by atoms with Gasteiger partial charge in [0.05, 0.1) is 6.04 Å². The molecule has 0 aliphatic heterocycles. The fourth-order valence-corrected chi connectivity index (χ4v) is 8.15. The maximum absolute atomic E-state index is 14.2. The number of H-pyrrole nitrogens is 1. The van der Waals surface area contributed by atoms with Gasteiger partial charge in [0, 0.05) is 42.1 Å². The molecule has 0 saturated heterocycles. The van der Waals surface area contributed by atoms with E-state index in [1.165, 1.54) is 6.92 Å². The molecule has 1 aromatic carbocycles. The maximum atomic E-state index is 14.2. The van der Waals surface area contributed by atoms with E-state index in [1.54, 1.807) is 40.0 Å². The highest BCUT2D eigenvalue weighted by Gasteiger charge is 2.35. The number of thiol groups is 1. The zero-order valence-corrected chi connectivity index (χ0v) is 45.4. The van der Waals surface area contributed by atoms with Crippen molar-refractivity contribution in [3.05, 3.63) is 36.0 Å². The van der Waals surface area contributed by atoms with Gasteiger partial charge in [0.1, 0.15) is 48.3 Å². The first kappa shape index (κ1) is 65.3. The van der Waals surface area contributed by atoms with E-state index in [0.29, 0.717) is 31.4 Å². The molecule has 25 nitrogen and oxygen atoms in total. The van der Waals surface area contributed by atoms with E-state index in [2.05, 4.69) is 60.1 Å². The van der Waals surface area contributed by atoms with Crippen molar-refractivity contribution in [2.24, 2.45) is 40.7 Å². The average Bonchev–Trinajstić information content (AvgIpc) is 3.75. The topological polar surface area (TPSA) is 424 Å². The summed E-state index contributed by atoms with van der Waals surface area (Å²) in [5.41, 5.74) is 23.8. The highest BCUT2D eigenvalue weighted by molar-refractivity contribution is 7.80. The van der Waals surface area contributed by atoms with Crippen LogP contribution in [0.1, 0.15) is 112 Å². The first-order valence-corrected chi connectivity index (χ1v) is 26.2. The predicted octanol–water partition coefficient (Wildman–Crippen LogP) is -1.64. The molecule has 0 radical (unpaired) electrons. The third-order valence-electron chi connectivity index (χ3n) is 12.1. The van der Waals surface area contributed by atoms with Crippen LogP contribution in [0.4, 0.5) is 0 Å². The third kappa shape index (κ3) is 22.6. The van der Waals surface area contributed by atoms with Crippen LogP contribution in [-0.4, -0.2) is 142 Å². The van der Waals surface area contributed by atoms with Crippen molar-refractivity contribution in [3.8, 4) is 0 Å². The Balaban J connectivity index is 2.34. The van der Waals surface area contributed by atoms with E-state index < -0.39 is 132 Å². The molecule has 10 amide bonds. The van der Waals surface area contributed by atoms with Gasteiger partial charge in [0.2, 0.25) is 59.1 Å². The zero-order valence-electron chi connectivity index (χ0n) is 44.5. The van der Waals surface area contributed by atoms with Crippen molar-refractivity contribution in [2.45, 2.75) is 167 Å². The van der Waals surface area contributed by atoms with Crippen LogP contribution in [0.25, 0.3) is 10.9 Å². The van der Waals surface area contributed by atoms with E-state index in [0.717, 1.165) is 10.9 Å². The molecule has 0 spiro atoms. The zero-order chi connectivity index (χ0) is 57.4. The molecule has 1 aromatic heterocycles. The Kier molecular flexibility index (Phi) is 28.0. The van der Waals surface area contributed by atoms with Crippen molar-refractivity contribution >= 4 is 88.6 Å². The van der Waals surface area contributed by atoms with Crippen molar-refractivity contribution in [3.63, 3.8) is 0 Å². The lowest BCUT2D eigenvalue weighted by atomic mass is 10.00. The highest BCUT2D eigenvalue weighted by Crippen LogP contribution is 2.20. The molecule has 1 heterocycles. The number of benzene rings is 1. The number of carbonyl (C=O) groups excluding carboxylic acids is 10. The summed E-state index contributed by atoms with van der Waals surface area (Å²) in [4.78, 5) is 148. The standard InChI is InChI=1S/C50H81N13O12S/c1-25(2)20-35(59-43(67)31(52)13-10-11-19-51)47(71)60-36(22-29-23-55-32-14-9-8-12-30(29)32)46(70)56-28(7)42(66)57-33(15-17-39(53)64)45(69)62-38(24-76)48(72)63-41(27(5)6)49(73)58-34(16-18-40(54)65)44(68)61-37(50(74)75)21-26(3)4/h8-9,12,14,23,25-28,31,33-38,41,55,76H,10-11,13,15-22,24,51-52H2,1-7H3,(H2,53,64)(H2,54,65)(H,56,70)(H,57,66)(H,58,73)(H,59,67)(H,60,71)(H,61,68)(H,62,69)(H,63,72)(H,74,75)/t28-,31-,33-,34-,35-,36-,37-,38-,41-/m0/s1. The van der Waals surface area contributed by atoms with E-state index in [9.17, 15) is 57.8 Å². The summed E-state index contributed by atoms with van der Waals surface area (Å²) >= 11 is 4.22. The van der Waals surface area contributed by atoms with Gasteiger partial charge in [-0.05, 0) is 81.4 Å². The number of rotatable bonds is 35. The number of carboxylic acid groups (broad SMARTS) is 1. The van der Waals surface area contributed by atoms with E-state index >= 15 is 0 Å². The summed E-state index contributed by atoms with van der Waals surface area (Å²) in [5.74, 6) is -10.8. The number of aromatic amines is 1. The van der Waals surface area contributed by atoms with E-state index in [-0.39, 0.29) is 56.1 Å². The Morgan fingerprint density at radius 1 is 0.566 bits per heavy atom. The summed E-state index contributed by atoms with van der Waals surface area (Å²) in [7, 11) is 0. The van der Waals surface area contributed by atoms with Gasteiger partial charge in [-0.15, -0.1) is 0 Å². The molecule has 2 rings (SSSR count). The molecule has 18 N–H and O–H groups in total. The van der Waals surface area contributed by atoms with Crippen molar-refractivity contribution in [1.82, 2.24) is 47.5 Å². The van der Waals surface area contributed by atoms with Gasteiger partial charge < -0.3 is 75.6 Å². The van der Waals surface area contributed by atoms with Crippen molar-refractivity contribution < 1.29 is 57.8 Å². The van der Waals surface area contributed by atoms with Crippen LogP contribution < -0.4 is 65.5 Å². The minimum absolute atomic E-state index is 0.0627. The van der Waals surface area contributed by atoms with Gasteiger partial charge in [-0.2, -0.15) is 12.6 Å². The number of unbranched alkanes of at least 4 members (excludes halogenated alkanes) is 1. The van der Waals surface area contributed by atoms with Crippen LogP contribution >= 0.6 is 12.6 Å².